The van der Waals surface area contributed by atoms with E-state index in [4.69, 9.17) is 0 Å². The molecule has 0 saturated heterocycles. The number of hydrogen-bond donors (Lipinski definition) is 0. The molecule has 1 atom stereocenters. The fourth-order valence-corrected chi connectivity index (χ4v) is 0.471. The van der Waals surface area contributed by atoms with Gasteiger partial charge in [0.1, 0.15) is 7.17 Å². The molecular weight excluding hydrogens is 195 g/mol. The molecule has 38 valence electrons. The standard InChI is InChI=1S/C3H10B3I/c1-3(4)6(7)5-2/h3,5H,4H2,1-2H3. The van der Waals surface area contributed by atoms with Gasteiger partial charge in [0.25, 0.3) is 0 Å². The van der Waals surface area contributed by atoms with Crippen molar-refractivity contribution in [3.63, 3.8) is 0 Å². The van der Waals surface area contributed by atoms with E-state index in [1.807, 2.05) is 0 Å². The van der Waals surface area contributed by atoms with Crippen LogP contribution in [-0.2, 0) is 0 Å². The lowest BCUT2D eigenvalue weighted by Crippen LogP contribution is -2.16. The Hall–Kier alpha value is 0.925. The van der Waals surface area contributed by atoms with E-state index in [0.717, 1.165) is 10.2 Å². The minimum atomic E-state index is 0.852. The zero-order valence-corrected chi connectivity index (χ0v) is 7.40. The van der Waals surface area contributed by atoms with Crippen LogP contribution in [0.2, 0.25) is 12.5 Å². The molecule has 0 aromatic heterocycles. The average molecular weight is 205 g/mol. The third-order valence-electron chi connectivity index (χ3n) is 1.11. The molecule has 0 spiro atoms. The third kappa shape index (κ3) is 3.50. The summed E-state index contributed by atoms with van der Waals surface area (Å²) in [7, 11) is 3.57. The molecule has 0 bridgehead atoms. The zero-order valence-electron chi connectivity index (χ0n) is 5.24. The van der Waals surface area contributed by atoms with Gasteiger partial charge in [-0.3, -0.25) is 0 Å². The smallest absolute Gasteiger partial charge is 0.161 e. The molecule has 0 nitrogen and oxygen atoms in total. The molecule has 0 rings (SSSR count). The normalized spacial score (nSPS) is 13.0. The Morgan fingerprint density at radius 1 is 1.86 bits per heavy atom. The molecule has 0 aliphatic rings. The summed E-state index contributed by atoms with van der Waals surface area (Å²) in [6.45, 7) is 4.50. The summed E-state index contributed by atoms with van der Waals surface area (Å²) in [6.07, 6.45) is 0. The molecule has 4 heteroatoms. The molecule has 0 heterocycles. The van der Waals surface area contributed by atoms with Gasteiger partial charge in [0, 0.05) is 0 Å². The van der Waals surface area contributed by atoms with E-state index in [2.05, 4.69) is 44.0 Å². The van der Waals surface area contributed by atoms with Crippen molar-refractivity contribution < 1.29 is 0 Å². The van der Waals surface area contributed by atoms with Crippen LogP contribution in [-0.4, -0.2) is 19.5 Å². The van der Waals surface area contributed by atoms with Gasteiger partial charge in [-0.1, -0.05) is 19.5 Å². The average Bonchev–Trinajstić information content (AvgIpc) is 1.65. The Labute approximate surface area is 61.4 Å². The topological polar surface area (TPSA) is 0 Å². The molecule has 1 unspecified atom stereocenters. The largest absolute Gasteiger partial charge is 0.176 e. The summed E-state index contributed by atoms with van der Waals surface area (Å²) in [5, 5.41) is 0. The maximum absolute atomic E-state index is 2.50. The predicted octanol–water partition coefficient (Wildman–Crippen LogP) is 0.375. The minimum absolute atomic E-state index is 0.852. The van der Waals surface area contributed by atoms with Gasteiger partial charge in [-0.2, -0.15) is 22.4 Å². The van der Waals surface area contributed by atoms with Gasteiger partial charge in [0.15, 0.2) is 4.46 Å². The van der Waals surface area contributed by atoms with E-state index in [0.29, 0.717) is 0 Å². The van der Waals surface area contributed by atoms with Crippen LogP contribution in [0.15, 0.2) is 0 Å². The van der Waals surface area contributed by atoms with Crippen molar-refractivity contribution >= 4 is 41.9 Å². The highest BCUT2D eigenvalue weighted by molar-refractivity contribution is 14.1. The second-order valence-corrected chi connectivity index (χ2v) is 3.77. The van der Waals surface area contributed by atoms with Gasteiger partial charge >= 0.3 is 0 Å². The monoisotopic (exact) mass is 206 g/mol. The Kier molecular flexibility index (Phi) is 4.38. The van der Waals surface area contributed by atoms with Crippen LogP contribution in [0.5, 0.6) is 0 Å². The van der Waals surface area contributed by atoms with Crippen LogP contribution in [0.3, 0.4) is 0 Å². The van der Waals surface area contributed by atoms with Crippen LogP contribution in [0.25, 0.3) is 0 Å². The minimum Gasteiger partial charge on any atom is -0.161 e. The predicted molar refractivity (Wildman–Crippen MR) is 50.8 cm³/mol. The highest BCUT2D eigenvalue weighted by Crippen LogP contribution is 2.07. The molecule has 0 aromatic rings. The first-order valence-electron chi connectivity index (χ1n) is 2.82. The molecule has 0 aliphatic carbocycles. The fourth-order valence-electron chi connectivity index (χ4n) is 0.471. The SMILES string of the molecule is BC(C)B(I)BC. The molecule has 0 aliphatic heterocycles. The van der Waals surface area contributed by atoms with E-state index < -0.39 is 0 Å². The second-order valence-electron chi connectivity index (χ2n) is 2.17. The van der Waals surface area contributed by atoms with E-state index in [1.165, 1.54) is 7.17 Å². The van der Waals surface area contributed by atoms with E-state index in [9.17, 15) is 0 Å². The Morgan fingerprint density at radius 3 is 2.29 bits per heavy atom. The zero-order chi connectivity index (χ0) is 5.86. The first kappa shape index (κ1) is 7.92. The summed E-state index contributed by atoms with van der Waals surface area (Å²) in [5.41, 5.74) is 0.852. The van der Waals surface area contributed by atoms with Crippen LogP contribution in [0.1, 0.15) is 6.92 Å². The molecule has 0 saturated carbocycles. The lowest BCUT2D eigenvalue weighted by Gasteiger charge is -2.03. The summed E-state index contributed by atoms with van der Waals surface area (Å²) in [5.74, 6) is 0. The van der Waals surface area contributed by atoms with Gasteiger partial charge in [-0.05, 0) is 0 Å². The van der Waals surface area contributed by atoms with Gasteiger partial charge in [0.2, 0.25) is 0 Å². The van der Waals surface area contributed by atoms with Crippen molar-refractivity contribution in [3.8, 4) is 0 Å². The van der Waals surface area contributed by atoms with Gasteiger partial charge in [-0.25, -0.2) is 0 Å². The van der Waals surface area contributed by atoms with Crippen molar-refractivity contribution in [1.29, 1.82) is 0 Å². The maximum atomic E-state index is 2.50. The summed E-state index contributed by atoms with van der Waals surface area (Å²) >= 11 is 2.50. The number of rotatable bonds is 2. The highest BCUT2D eigenvalue weighted by Gasteiger charge is 2.10. The third-order valence-corrected chi connectivity index (χ3v) is 3.43. The molecule has 0 fully saturated rings. The van der Waals surface area contributed by atoms with E-state index >= 15 is 0 Å². The molecule has 0 aromatic carbocycles. The summed E-state index contributed by atoms with van der Waals surface area (Å²) in [4.78, 5) is 0. The van der Waals surface area contributed by atoms with Crippen molar-refractivity contribution in [3.05, 3.63) is 0 Å². The molecule has 0 N–H and O–H groups in total. The Balaban J connectivity index is 3.14. The molecule has 0 amide bonds. The summed E-state index contributed by atoms with van der Waals surface area (Å²) in [6, 6.07) is 0. The van der Waals surface area contributed by atoms with Crippen molar-refractivity contribution in [2.45, 2.75) is 19.5 Å². The quantitative estimate of drug-likeness (QED) is 0.452. The van der Waals surface area contributed by atoms with Gasteiger partial charge in [0.05, 0.1) is 7.85 Å². The highest BCUT2D eigenvalue weighted by atomic mass is 127. The van der Waals surface area contributed by atoms with Crippen LogP contribution >= 0.6 is 22.4 Å². The van der Waals surface area contributed by atoms with Crippen LogP contribution in [0, 0.1) is 0 Å². The maximum Gasteiger partial charge on any atom is 0.176 e. The Bertz CT molecular complexity index is 47.4. The van der Waals surface area contributed by atoms with Gasteiger partial charge in [-0.15, -0.1) is 0 Å². The van der Waals surface area contributed by atoms with E-state index in [1.54, 1.807) is 0 Å². The van der Waals surface area contributed by atoms with Crippen LogP contribution in [0.4, 0.5) is 0 Å². The number of hydrogen-bond acceptors (Lipinski definition) is 0. The van der Waals surface area contributed by atoms with Crippen molar-refractivity contribution in [2.24, 2.45) is 0 Å². The first-order chi connectivity index (χ1) is 3.18. The number of halogens is 1. The fraction of sp³-hybridized carbons (Fsp3) is 1.00. The first-order valence-corrected chi connectivity index (χ1v) is 4.07. The lowest BCUT2D eigenvalue weighted by atomic mass is 9.31. The lowest BCUT2D eigenvalue weighted by molar-refractivity contribution is 1.35. The van der Waals surface area contributed by atoms with Crippen LogP contribution < -0.4 is 0 Å². The summed E-state index contributed by atoms with van der Waals surface area (Å²) < 4.78 is 0.873. The molecule has 0 radical (unpaired) electrons. The van der Waals surface area contributed by atoms with Gasteiger partial charge < -0.3 is 0 Å². The van der Waals surface area contributed by atoms with Crippen molar-refractivity contribution in [1.82, 2.24) is 0 Å². The Morgan fingerprint density at radius 2 is 2.29 bits per heavy atom. The van der Waals surface area contributed by atoms with Crippen molar-refractivity contribution in [2.75, 3.05) is 0 Å². The second kappa shape index (κ2) is 3.87. The van der Waals surface area contributed by atoms with E-state index in [-0.39, 0.29) is 0 Å². The molecule has 7 heavy (non-hydrogen) atoms. The molecular formula is C3H10B3I.